The smallest absolute Gasteiger partial charge is 0.164 e. The maximum Gasteiger partial charge on any atom is 0.164 e. The Bertz CT molecular complexity index is 2560. The third-order valence-electron chi connectivity index (χ3n) is 8.72. The first-order valence-corrected chi connectivity index (χ1v) is 15.7. The fraction of sp³-hybridized carbons (Fsp3) is 0. The van der Waals surface area contributed by atoms with Gasteiger partial charge in [0.2, 0.25) is 0 Å². The fourth-order valence-electron chi connectivity index (χ4n) is 6.40. The van der Waals surface area contributed by atoms with E-state index in [-0.39, 0.29) is 0 Å². The lowest BCUT2D eigenvalue weighted by atomic mass is 9.98. The molecule has 0 atom stereocenters. The first-order valence-electron chi connectivity index (χ1n) is 15.7. The van der Waals surface area contributed by atoms with E-state index in [1.807, 2.05) is 60.7 Å². The van der Waals surface area contributed by atoms with Gasteiger partial charge in [0, 0.05) is 33.0 Å². The van der Waals surface area contributed by atoms with Crippen molar-refractivity contribution in [3.8, 4) is 56.4 Å². The molecule has 2 heterocycles. The number of furan rings is 1. The molecule has 0 amide bonds. The van der Waals surface area contributed by atoms with E-state index in [0.29, 0.717) is 17.5 Å². The molecule has 2 aromatic heterocycles. The molecule has 9 rings (SSSR count). The maximum atomic E-state index is 6.55. The summed E-state index contributed by atoms with van der Waals surface area (Å²) in [6.07, 6.45) is 0. The van der Waals surface area contributed by atoms with E-state index in [1.54, 1.807) is 0 Å². The largest absolute Gasteiger partial charge is 0.455 e. The van der Waals surface area contributed by atoms with Gasteiger partial charge in [-0.2, -0.15) is 0 Å². The number of nitrogens with zero attached hydrogens (tertiary/aromatic N) is 3. The number of rotatable bonds is 5. The Balaban J connectivity index is 1.27. The average molecular weight is 602 g/mol. The van der Waals surface area contributed by atoms with Crippen molar-refractivity contribution in [1.29, 1.82) is 0 Å². The van der Waals surface area contributed by atoms with Crippen LogP contribution in [0.3, 0.4) is 0 Å². The Morgan fingerprint density at radius 1 is 0.362 bits per heavy atom. The summed E-state index contributed by atoms with van der Waals surface area (Å²) >= 11 is 0. The first kappa shape index (κ1) is 27.0. The van der Waals surface area contributed by atoms with Crippen LogP contribution in [0.15, 0.2) is 168 Å². The van der Waals surface area contributed by atoms with Crippen molar-refractivity contribution in [2.24, 2.45) is 0 Å². The van der Waals surface area contributed by atoms with Crippen molar-refractivity contribution in [3.63, 3.8) is 0 Å². The monoisotopic (exact) mass is 601 g/mol. The van der Waals surface area contributed by atoms with E-state index >= 15 is 0 Å². The van der Waals surface area contributed by atoms with Gasteiger partial charge in [0.15, 0.2) is 17.5 Å². The normalized spacial score (nSPS) is 11.4. The predicted molar refractivity (Wildman–Crippen MR) is 192 cm³/mol. The van der Waals surface area contributed by atoms with Crippen LogP contribution in [0, 0.1) is 0 Å². The lowest BCUT2D eigenvalue weighted by molar-refractivity contribution is 0.670. The van der Waals surface area contributed by atoms with E-state index in [4.69, 9.17) is 19.4 Å². The van der Waals surface area contributed by atoms with Crippen molar-refractivity contribution < 1.29 is 4.42 Å². The number of hydrogen-bond acceptors (Lipinski definition) is 4. The van der Waals surface area contributed by atoms with Crippen LogP contribution in [-0.2, 0) is 0 Å². The molecule has 0 aliphatic heterocycles. The molecule has 0 fully saturated rings. The fourth-order valence-corrected chi connectivity index (χ4v) is 6.40. The second-order valence-electron chi connectivity index (χ2n) is 11.6. The van der Waals surface area contributed by atoms with Crippen LogP contribution in [0.2, 0.25) is 0 Å². The van der Waals surface area contributed by atoms with Crippen LogP contribution in [0.1, 0.15) is 0 Å². The summed E-state index contributed by atoms with van der Waals surface area (Å²) in [7, 11) is 0. The standard InChI is InChI=1S/C43H27N3O/c1-4-12-28(13-5-1)32-22-20-29-21-23-33(27-34(29)26-32)42-44-41(31-16-8-3-9-17-31)45-43(46-42)37-25-24-35(30-14-6-2-7-15-30)40-39(37)36-18-10-11-19-38(36)47-40/h1-27H. The highest BCUT2D eigenvalue weighted by atomic mass is 16.3. The van der Waals surface area contributed by atoms with Gasteiger partial charge in [-0.05, 0) is 57.8 Å². The van der Waals surface area contributed by atoms with Crippen molar-refractivity contribution in [1.82, 2.24) is 15.0 Å². The minimum atomic E-state index is 0.600. The summed E-state index contributed by atoms with van der Waals surface area (Å²) in [5, 5.41) is 4.30. The molecule has 4 nitrogen and oxygen atoms in total. The van der Waals surface area contributed by atoms with Gasteiger partial charge < -0.3 is 4.42 Å². The van der Waals surface area contributed by atoms with Gasteiger partial charge in [0.05, 0.1) is 0 Å². The highest BCUT2D eigenvalue weighted by Crippen LogP contribution is 2.41. The molecule has 0 unspecified atom stereocenters. The molecule has 0 saturated heterocycles. The quantitative estimate of drug-likeness (QED) is 0.197. The summed E-state index contributed by atoms with van der Waals surface area (Å²) in [5.41, 5.74) is 8.88. The minimum absolute atomic E-state index is 0.600. The molecular formula is C43H27N3O. The van der Waals surface area contributed by atoms with Gasteiger partial charge in [-0.3, -0.25) is 0 Å². The Hall–Kier alpha value is -6.39. The van der Waals surface area contributed by atoms with Crippen LogP contribution < -0.4 is 0 Å². The molecule has 0 bridgehead atoms. The Morgan fingerprint density at radius 3 is 1.66 bits per heavy atom. The van der Waals surface area contributed by atoms with E-state index in [2.05, 4.69) is 103 Å². The molecule has 0 aliphatic rings. The Labute approximate surface area is 271 Å². The third-order valence-corrected chi connectivity index (χ3v) is 8.72. The highest BCUT2D eigenvalue weighted by Gasteiger charge is 2.20. The molecular weight excluding hydrogens is 574 g/mol. The molecule has 0 spiro atoms. The van der Waals surface area contributed by atoms with Crippen LogP contribution in [0.25, 0.3) is 89.1 Å². The van der Waals surface area contributed by atoms with Gasteiger partial charge in [-0.15, -0.1) is 0 Å². The minimum Gasteiger partial charge on any atom is -0.455 e. The molecule has 4 heteroatoms. The summed E-state index contributed by atoms with van der Waals surface area (Å²) in [6.45, 7) is 0. The van der Waals surface area contributed by atoms with Gasteiger partial charge in [0.1, 0.15) is 11.2 Å². The zero-order chi connectivity index (χ0) is 31.2. The number of para-hydroxylation sites is 1. The summed E-state index contributed by atoms with van der Waals surface area (Å²) in [6, 6.07) is 56.3. The van der Waals surface area contributed by atoms with E-state index < -0.39 is 0 Å². The molecule has 0 N–H and O–H groups in total. The van der Waals surface area contributed by atoms with Gasteiger partial charge in [0.25, 0.3) is 0 Å². The third kappa shape index (κ3) is 4.84. The van der Waals surface area contributed by atoms with Crippen molar-refractivity contribution in [2.45, 2.75) is 0 Å². The zero-order valence-corrected chi connectivity index (χ0v) is 25.3. The Morgan fingerprint density at radius 2 is 0.915 bits per heavy atom. The van der Waals surface area contributed by atoms with Crippen LogP contribution in [0.4, 0.5) is 0 Å². The second kappa shape index (κ2) is 11.2. The molecule has 9 aromatic rings. The van der Waals surface area contributed by atoms with E-state index in [0.717, 1.165) is 60.5 Å². The lowest BCUT2D eigenvalue weighted by Crippen LogP contribution is -2.00. The molecule has 0 aliphatic carbocycles. The predicted octanol–water partition coefficient (Wildman–Crippen LogP) is 11.3. The summed E-state index contributed by atoms with van der Waals surface area (Å²) < 4.78 is 6.55. The van der Waals surface area contributed by atoms with Crippen molar-refractivity contribution >= 4 is 32.7 Å². The molecule has 0 radical (unpaired) electrons. The topological polar surface area (TPSA) is 51.8 Å². The lowest BCUT2D eigenvalue weighted by Gasteiger charge is -2.11. The van der Waals surface area contributed by atoms with Crippen molar-refractivity contribution in [3.05, 3.63) is 164 Å². The Kier molecular flexibility index (Phi) is 6.43. The number of aromatic nitrogens is 3. The molecule has 0 saturated carbocycles. The number of fused-ring (bicyclic) bond motifs is 4. The van der Waals surface area contributed by atoms with Gasteiger partial charge in [-0.1, -0.05) is 133 Å². The van der Waals surface area contributed by atoms with Crippen LogP contribution in [0.5, 0.6) is 0 Å². The van der Waals surface area contributed by atoms with Crippen LogP contribution >= 0.6 is 0 Å². The molecule has 220 valence electrons. The molecule has 7 aromatic carbocycles. The second-order valence-corrected chi connectivity index (χ2v) is 11.6. The van der Waals surface area contributed by atoms with Gasteiger partial charge >= 0.3 is 0 Å². The van der Waals surface area contributed by atoms with E-state index in [9.17, 15) is 0 Å². The first-order chi connectivity index (χ1) is 23.3. The summed E-state index contributed by atoms with van der Waals surface area (Å²) in [4.78, 5) is 15.3. The number of benzene rings is 7. The average Bonchev–Trinajstić information content (AvgIpc) is 3.55. The zero-order valence-electron chi connectivity index (χ0n) is 25.3. The molecule has 47 heavy (non-hydrogen) atoms. The SMILES string of the molecule is c1ccc(-c2ccc3ccc(-c4nc(-c5ccccc5)nc(-c5ccc(-c6ccccc6)c6oc7ccccc7c56)n4)cc3c2)cc1. The van der Waals surface area contributed by atoms with Gasteiger partial charge in [-0.25, -0.2) is 15.0 Å². The summed E-state index contributed by atoms with van der Waals surface area (Å²) in [5.74, 6) is 1.84. The van der Waals surface area contributed by atoms with E-state index in [1.165, 1.54) is 11.1 Å². The van der Waals surface area contributed by atoms with Crippen molar-refractivity contribution in [2.75, 3.05) is 0 Å². The van der Waals surface area contributed by atoms with Crippen LogP contribution in [-0.4, -0.2) is 15.0 Å². The number of hydrogen-bond donors (Lipinski definition) is 0. The highest BCUT2D eigenvalue weighted by molar-refractivity contribution is 6.15. The maximum absolute atomic E-state index is 6.55.